The minimum atomic E-state index is -0.754. The highest BCUT2D eigenvalue weighted by atomic mass is 19.1. The van der Waals surface area contributed by atoms with Crippen molar-refractivity contribution in [3.05, 3.63) is 65.7 Å². The van der Waals surface area contributed by atoms with E-state index in [9.17, 15) is 18.4 Å². The maximum absolute atomic E-state index is 13.0. The van der Waals surface area contributed by atoms with Crippen LogP contribution in [0.2, 0.25) is 0 Å². The third-order valence-corrected chi connectivity index (χ3v) is 4.04. The SMILES string of the molecule is O=C(NCc1ccc(F)cc1)C1CCN(c2ccc(F)cc2)C1=O. The van der Waals surface area contributed by atoms with E-state index in [2.05, 4.69) is 5.32 Å². The number of benzene rings is 2. The van der Waals surface area contributed by atoms with Crippen molar-refractivity contribution in [3.8, 4) is 0 Å². The van der Waals surface area contributed by atoms with Crippen LogP contribution in [0.15, 0.2) is 48.5 Å². The number of nitrogens with zero attached hydrogens (tertiary/aromatic N) is 1. The summed E-state index contributed by atoms with van der Waals surface area (Å²) in [5.74, 6) is -2.12. The van der Waals surface area contributed by atoms with Crippen LogP contribution in [0.4, 0.5) is 14.5 Å². The number of amides is 2. The average Bonchev–Trinajstić information content (AvgIpc) is 2.96. The molecule has 1 N–H and O–H groups in total. The predicted molar refractivity (Wildman–Crippen MR) is 85.1 cm³/mol. The molecule has 3 rings (SSSR count). The number of carbonyl (C=O) groups is 2. The molecule has 0 aromatic heterocycles. The second kappa shape index (κ2) is 6.78. The summed E-state index contributed by atoms with van der Waals surface area (Å²) in [5, 5.41) is 2.70. The van der Waals surface area contributed by atoms with Gasteiger partial charge in [-0.2, -0.15) is 0 Å². The molecule has 24 heavy (non-hydrogen) atoms. The smallest absolute Gasteiger partial charge is 0.239 e. The Balaban J connectivity index is 1.61. The summed E-state index contributed by atoms with van der Waals surface area (Å²) in [6.07, 6.45) is 0.408. The zero-order chi connectivity index (χ0) is 17.1. The summed E-state index contributed by atoms with van der Waals surface area (Å²) in [6.45, 7) is 0.651. The molecule has 0 bridgehead atoms. The van der Waals surface area contributed by atoms with Crippen LogP contribution in [0.1, 0.15) is 12.0 Å². The van der Waals surface area contributed by atoms with Crippen molar-refractivity contribution in [1.29, 1.82) is 0 Å². The van der Waals surface area contributed by atoms with E-state index < -0.39 is 5.92 Å². The fraction of sp³-hybridized carbons (Fsp3) is 0.222. The van der Waals surface area contributed by atoms with E-state index in [1.807, 2.05) is 0 Å². The lowest BCUT2D eigenvalue weighted by molar-refractivity contribution is -0.132. The first-order valence-corrected chi connectivity index (χ1v) is 7.64. The lowest BCUT2D eigenvalue weighted by atomic mass is 10.1. The first kappa shape index (κ1) is 16.1. The van der Waals surface area contributed by atoms with Crippen LogP contribution in [0.3, 0.4) is 0 Å². The van der Waals surface area contributed by atoms with Gasteiger partial charge in [0.1, 0.15) is 17.6 Å². The molecule has 0 radical (unpaired) electrons. The second-order valence-corrected chi connectivity index (χ2v) is 5.65. The molecule has 1 saturated heterocycles. The van der Waals surface area contributed by atoms with Crippen molar-refractivity contribution >= 4 is 17.5 Å². The molecule has 1 atom stereocenters. The molecule has 6 heteroatoms. The van der Waals surface area contributed by atoms with Crippen molar-refractivity contribution in [2.45, 2.75) is 13.0 Å². The van der Waals surface area contributed by atoms with Crippen molar-refractivity contribution in [1.82, 2.24) is 5.32 Å². The standard InChI is InChI=1S/C18H16F2N2O2/c19-13-3-1-12(2-4-13)11-21-17(23)16-9-10-22(18(16)24)15-7-5-14(20)6-8-15/h1-8,16H,9-11H2,(H,21,23). The highest BCUT2D eigenvalue weighted by Gasteiger charge is 2.37. The molecular weight excluding hydrogens is 314 g/mol. The molecule has 1 aliphatic rings. The molecule has 0 aliphatic carbocycles. The molecule has 0 saturated carbocycles. The highest BCUT2D eigenvalue weighted by molar-refractivity contribution is 6.09. The van der Waals surface area contributed by atoms with Gasteiger partial charge in [-0.3, -0.25) is 9.59 Å². The number of halogens is 2. The topological polar surface area (TPSA) is 49.4 Å². The summed E-state index contributed by atoms with van der Waals surface area (Å²) < 4.78 is 25.8. The molecule has 2 amide bonds. The fourth-order valence-corrected chi connectivity index (χ4v) is 2.72. The van der Waals surface area contributed by atoms with Crippen molar-refractivity contribution in [2.75, 3.05) is 11.4 Å². The lowest BCUT2D eigenvalue weighted by Gasteiger charge is -2.16. The summed E-state index contributed by atoms with van der Waals surface area (Å²) >= 11 is 0. The van der Waals surface area contributed by atoms with Gasteiger partial charge in [-0.05, 0) is 48.4 Å². The second-order valence-electron chi connectivity index (χ2n) is 5.65. The molecule has 2 aromatic rings. The van der Waals surface area contributed by atoms with Gasteiger partial charge < -0.3 is 10.2 Å². The molecule has 0 spiro atoms. The number of hydrogen-bond acceptors (Lipinski definition) is 2. The van der Waals surface area contributed by atoms with Gasteiger partial charge in [-0.25, -0.2) is 8.78 Å². The third kappa shape index (κ3) is 3.42. The van der Waals surface area contributed by atoms with Crippen molar-refractivity contribution < 1.29 is 18.4 Å². The largest absolute Gasteiger partial charge is 0.351 e. The Morgan fingerprint density at radius 1 is 1.04 bits per heavy atom. The van der Waals surface area contributed by atoms with Crippen LogP contribution in [0.5, 0.6) is 0 Å². The van der Waals surface area contributed by atoms with E-state index in [0.29, 0.717) is 18.7 Å². The monoisotopic (exact) mass is 330 g/mol. The van der Waals surface area contributed by atoms with Gasteiger partial charge in [0.2, 0.25) is 11.8 Å². The Labute approximate surface area is 138 Å². The number of hydrogen-bond donors (Lipinski definition) is 1. The van der Waals surface area contributed by atoms with Crippen LogP contribution in [-0.4, -0.2) is 18.4 Å². The Morgan fingerprint density at radius 2 is 1.62 bits per heavy atom. The zero-order valence-electron chi connectivity index (χ0n) is 12.8. The molecule has 2 aromatic carbocycles. The maximum Gasteiger partial charge on any atom is 0.239 e. The number of nitrogens with one attached hydrogen (secondary N) is 1. The fourth-order valence-electron chi connectivity index (χ4n) is 2.72. The van der Waals surface area contributed by atoms with Gasteiger partial charge in [0.15, 0.2) is 0 Å². The molecule has 1 heterocycles. The number of carbonyl (C=O) groups excluding carboxylic acids is 2. The van der Waals surface area contributed by atoms with Crippen LogP contribution in [0, 0.1) is 17.6 Å². The van der Waals surface area contributed by atoms with Gasteiger partial charge in [0.05, 0.1) is 0 Å². The minimum Gasteiger partial charge on any atom is -0.351 e. The van der Waals surface area contributed by atoms with E-state index in [-0.39, 0.29) is 30.0 Å². The summed E-state index contributed by atoms with van der Waals surface area (Å²) in [6, 6.07) is 11.4. The van der Waals surface area contributed by atoms with Gasteiger partial charge in [0, 0.05) is 18.8 Å². The molecule has 124 valence electrons. The van der Waals surface area contributed by atoms with Gasteiger partial charge >= 0.3 is 0 Å². The third-order valence-electron chi connectivity index (χ3n) is 4.04. The van der Waals surface area contributed by atoms with Gasteiger partial charge in [-0.15, -0.1) is 0 Å². The Morgan fingerprint density at radius 3 is 2.25 bits per heavy atom. The molecule has 4 nitrogen and oxygen atoms in total. The van der Waals surface area contributed by atoms with E-state index in [4.69, 9.17) is 0 Å². The van der Waals surface area contributed by atoms with E-state index in [1.165, 1.54) is 41.3 Å². The summed E-state index contributed by atoms with van der Waals surface area (Å²) in [4.78, 5) is 26.1. The van der Waals surface area contributed by atoms with Gasteiger partial charge in [0.25, 0.3) is 0 Å². The maximum atomic E-state index is 13.0. The Hall–Kier alpha value is -2.76. The molecular formula is C18H16F2N2O2. The van der Waals surface area contributed by atoms with E-state index >= 15 is 0 Å². The Kier molecular flexibility index (Phi) is 4.55. The van der Waals surface area contributed by atoms with Crippen molar-refractivity contribution in [2.24, 2.45) is 5.92 Å². The van der Waals surface area contributed by atoms with Crippen molar-refractivity contribution in [3.63, 3.8) is 0 Å². The van der Waals surface area contributed by atoms with Crippen LogP contribution < -0.4 is 10.2 Å². The molecule has 1 unspecified atom stereocenters. The Bertz CT molecular complexity index is 745. The van der Waals surface area contributed by atoms with E-state index in [0.717, 1.165) is 5.56 Å². The normalized spacial score (nSPS) is 17.2. The average molecular weight is 330 g/mol. The quantitative estimate of drug-likeness (QED) is 0.876. The van der Waals surface area contributed by atoms with Crippen LogP contribution >= 0.6 is 0 Å². The molecule has 1 aliphatic heterocycles. The number of anilines is 1. The highest BCUT2D eigenvalue weighted by Crippen LogP contribution is 2.25. The van der Waals surface area contributed by atoms with E-state index in [1.54, 1.807) is 12.1 Å². The van der Waals surface area contributed by atoms with Crippen LogP contribution in [0.25, 0.3) is 0 Å². The number of rotatable bonds is 4. The predicted octanol–water partition coefficient (Wildman–Crippen LogP) is 2.63. The molecule has 1 fully saturated rings. The lowest BCUT2D eigenvalue weighted by Crippen LogP contribution is -2.36. The van der Waals surface area contributed by atoms with Crippen LogP contribution in [-0.2, 0) is 16.1 Å². The minimum absolute atomic E-state index is 0.236. The summed E-state index contributed by atoms with van der Waals surface area (Å²) in [5.41, 5.74) is 1.33. The van der Waals surface area contributed by atoms with Gasteiger partial charge in [-0.1, -0.05) is 12.1 Å². The summed E-state index contributed by atoms with van der Waals surface area (Å²) in [7, 11) is 0. The first-order valence-electron chi connectivity index (χ1n) is 7.64. The first-order chi connectivity index (χ1) is 11.5. The zero-order valence-corrected chi connectivity index (χ0v) is 12.8.